The first-order valence-corrected chi connectivity index (χ1v) is 10.2. The van der Waals surface area contributed by atoms with Crippen LogP contribution in [0.3, 0.4) is 0 Å². The van der Waals surface area contributed by atoms with Crippen LogP contribution in [-0.4, -0.2) is 44.3 Å². The lowest BCUT2D eigenvalue weighted by Gasteiger charge is -2.41. The van der Waals surface area contributed by atoms with Crippen LogP contribution in [0.5, 0.6) is 11.5 Å². The van der Waals surface area contributed by atoms with Gasteiger partial charge in [-0.15, -0.1) is 0 Å². The molecule has 2 N–H and O–H groups in total. The fourth-order valence-corrected chi connectivity index (χ4v) is 4.11. The predicted molar refractivity (Wildman–Crippen MR) is 114 cm³/mol. The summed E-state index contributed by atoms with van der Waals surface area (Å²) in [5, 5.41) is 5.85. The van der Waals surface area contributed by atoms with Gasteiger partial charge in [0.2, 0.25) is 0 Å². The van der Waals surface area contributed by atoms with E-state index in [1.54, 1.807) is 26.4 Å². The van der Waals surface area contributed by atoms with E-state index >= 15 is 0 Å². The number of hydrogen-bond acceptors (Lipinski definition) is 4. The van der Waals surface area contributed by atoms with Gasteiger partial charge in [-0.3, -0.25) is 4.90 Å². The quantitative estimate of drug-likeness (QED) is 0.725. The van der Waals surface area contributed by atoms with E-state index in [0.717, 1.165) is 24.1 Å². The molecule has 0 aromatic heterocycles. The van der Waals surface area contributed by atoms with Gasteiger partial charge in [-0.2, -0.15) is 0 Å². The van der Waals surface area contributed by atoms with E-state index < -0.39 is 0 Å². The van der Waals surface area contributed by atoms with Crippen LogP contribution in [0.25, 0.3) is 0 Å². The summed E-state index contributed by atoms with van der Waals surface area (Å²) in [7, 11) is 3.25. The third-order valence-corrected chi connectivity index (χ3v) is 5.49. The van der Waals surface area contributed by atoms with Crippen molar-refractivity contribution in [1.82, 2.24) is 15.5 Å². The van der Waals surface area contributed by atoms with Crippen molar-refractivity contribution in [2.24, 2.45) is 0 Å². The van der Waals surface area contributed by atoms with Crippen LogP contribution in [0.1, 0.15) is 36.6 Å². The first-order valence-electron chi connectivity index (χ1n) is 10.2. The molecule has 0 spiro atoms. The van der Waals surface area contributed by atoms with Crippen LogP contribution in [-0.2, 0) is 13.0 Å². The molecular formula is C23H30FN3O3. The summed E-state index contributed by atoms with van der Waals surface area (Å²) in [5.74, 6) is 1.11. The number of benzene rings is 2. The van der Waals surface area contributed by atoms with Gasteiger partial charge in [0.05, 0.1) is 20.3 Å². The highest BCUT2D eigenvalue weighted by molar-refractivity contribution is 5.74. The Morgan fingerprint density at radius 3 is 2.50 bits per heavy atom. The van der Waals surface area contributed by atoms with Gasteiger partial charge < -0.3 is 20.1 Å². The maximum Gasteiger partial charge on any atom is 0.315 e. The topological polar surface area (TPSA) is 62.8 Å². The Labute approximate surface area is 177 Å². The van der Waals surface area contributed by atoms with Gasteiger partial charge in [-0.25, -0.2) is 9.18 Å². The molecule has 30 heavy (non-hydrogen) atoms. The minimum Gasteiger partial charge on any atom is -0.493 e. The largest absolute Gasteiger partial charge is 0.493 e. The molecule has 0 unspecified atom stereocenters. The van der Waals surface area contributed by atoms with E-state index in [-0.39, 0.29) is 23.9 Å². The lowest BCUT2D eigenvalue weighted by atomic mass is 9.87. The summed E-state index contributed by atoms with van der Waals surface area (Å²) in [4.78, 5) is 14.5. The fourth-order valence-electron chi connectivity index (χ4n) is 4.11. The van der Waals surface area contributed by atoms with E-state index in [2.05, 4.69) is 15.5 Å². The van der Waals surface area contributed by atoms with Crippen molar-refractivity contribution < 1.29 is 18.7 Å². The standard InChI is InChI=1S/C23H30FN3O3/c1-5-25-23(28)26-15(2)22-19-13-21(30-4)20(29-3)12-17(19)10-11-27(22)14-16-6-8-18(24)9-7-16/h6-9,12-13,15,22H,5,10-11,14H2,1-4H3,(H2,25,26,28)/t15-,22+/m0/s1. The third-order valence-electron chi connectivity index (χ3n) is 5.49. The normalized spacial score (nSPS) is 17.0. The van der Waals surface area contributed by atoms with E-state index in [1.165, 1.54) is 17.7 Å². The van der Waals surface area contributed by atoms with E-state index in [1.807, 2.05) is 26.0 Å². The molecule has 3 rings (SSSR count). The summed E-state index contributed by atoms with van der Waals surface area (Å²) < 4.78 is 24.4. The van der Waals surface area contributed by atoms with Gasteiger partial charge in [0.1, 0.15) is 5.82 Å². The Hall–Kier alpha value is -2.80. The minimum absolute atomic E-state index is 0.0683. The molecule has 1 aliphatic heterocycles. The molecule has 162 valence electrons. The number of nitrogens with zero attached hydrogens (tertiary/aromatic N) is 1. The average Bonchev–Trinajstić information content (AvgIpc) is 2.74. The number of ether oxygens (including phenoxy) is 2. The van der Waals surface area contributed by atoms with Gasteiger partial charge in [0, 0.05) is 25.7 Å². The number of rotatable bonds is 7. The summed E-state index contributed by atoms with van der Waals surface area (Å²) in [6.07, 6.45) is 0.848. The smallest absolute Gasteiger partial charge is 0.315 e. The number of methoxy groups -OCH3 is 2. The molecule has 7 heteroatoms. The van der Waals surface area contributed by atoms with Crippen LogP contribution in [0.2, 0.25) is 0 Å². The molecule has 2 atom stereocenters. The van der Waals surface area contributed by atoms with Crippen molar-refractivity contribution >= 4 is 6.03 Å². The van der Waals surface area contributed by atoms with E-state index in [0.29, 0.717) is 24.6 Å². The van der Waals surface area contributed by atoms with Crippen molar-refractivity contribution in [3.05, 3.63) is 58.9 Å². The Bertz CT molecular complexity index is 873. The number of amides is 2. The molecule has 2 amide bonds. The lowest BCUT2D eigenvalue weighted by Crippen LogP contribution is -2.49. The first kappa shape index (κ1) is 21.9. The number of hydrogen-bond donors (Lipinski definition) is 2. The van der Waals surface area contributed by atoms with Crippen molar-refractivity contribution in [2.45, 2.75) is 38.9 Å². The van der Waals surface area contributed by atoms with Gasteiger partial charge >= 0.3 is 6.03 Å². The highest BCUT2D eigenvalue weighted by atomic mass is 19.1. The molecule has 0 bridgehead atoms. The minimum atomic E-state index is -0.248. The number of nitrogens with one attached hydrogen (secondary N) is 2. The molecule has 1 aliphatic rings. The highest BCUT2D eigenvalue weighted by Gasteiger charge is 2.33. The summed E-state index contributed by atoms with van der Waals surface area (Å²) in [6.45, 7) is 5.91. The molecule has 6 nitrogen and oxygen atoms in total. The molecule has 0 saturated carbocycles. The highest BCUT2D eigenvalue weighted by Crippen LogP contribution is 2.40. The van der Waals surface area contributed by atoms with E-state index in [4.69, 9.17) is 9.47 Å². The third kappa shape index (κ3) is 4.84. The van der Waals surface area contributed by atoms with Crippen LogP contribution >= 0.6 is 0 Å². The second kappa shape index (κ2) is 9.80. The van der Waals surface area contributed by atoms with E-state index in [9.17, 15) is 9.18 Å². The molecule has 0 saturated heterocycles. The molecule has 2 aromatic carbocycles. The molecular weight excluding hydrogens is 385 g/mol. The molecule has 2 aromatic rings. The summed E-state index contributed by atoms with van der Waals surface area (Å²) in [5.41, 5.74) is 3.30. The number of halogens is 1. The van der Waals surface area contributed by atoms with Gasteiger partial charge in [0.25, 0.3) is 0 Å². The number of urea groups is 1. The maximum absolute atomic E-state index is 13.3. The monoisotopic (exact) mass is 415 g/mol. The number of fused-ring (bicyclic) bond motifs is 1. The van der Waals surface area contributed by atoms with Crippen LogP contribution in [0.4, 0.5) is 9.18 Å². The molecule has 0 aliphatic carbocycles. The van der Waals surface area contributed by atoms with Crippen molar-refractivity contribution in [2.75, 3.05) is 27.3 Å². The van der Waals surface area contributed by atoms with Crippen molar-refractivity contribution in [1.29, 1.82) is 0 Å². The maximum atomic E-state index is 13.3. The van der Waals surface area contributed by atoms with Gasteiger partial charge in [-0.1, -0.05) is 12.1 Å². The average molecular weight is 416 g/mol. The first-order chi connectivity index (χ1) is 14.5. The second-order valence-corrected chi connectivity index (χ2v) is 7.49. The van der Waals surface area contributed by atoms with Crippen LogP contribution < -0.4 is 20.1 Å². The van der Waals surface area contributed by atoms with Gasteiger partial charge in [-0.05, 0) is 61.2 Å². The van der Waals surface area contributed by atoms with Crippen molar-refractivity contribution in [3.8, 4) is 11.5 Å². The summed E-state index contributed by atoms with van der Waals surface area (Å²) >= 11 is 0. The van der Waals surface area contributed by atoms with Crippen molar-refractivity contribution in [3.63, 3.8) is 0 Å². The molecule has 0 radical (unpaired) electrons. The zero-order valence-corrected chi connectivity index (χ0v) is 18.0. The predicted octanol–water partition coefficient (Wildman–Crippen LogP) is 3.65. The number of carbonyl (C=O) groups excluding carboxylic acids is 1. The Morgan fingerprint density at radius 1 is 1.20 bits per heavy atom. The second-order valence-electron chi connectivity index (χ2n) is 7.49. The summed E-state index contributed by atoms with van der Waals surface area (Å²) in [6, 6.07) is 10.2. The fraction of sp³-hybridized carbons (Fsp3) is 0.435. The van der Waals surface area contributed by atoms with Gasteiger partial charge in [0.15, 0.2) is 11.5 Å². The van der Waals surface area contributed by atoms with Crippen LogP contribution in [0, 0.1) is 5.82 Å². The Morgan fingerprint density at radius 2 is 1.87 bits per heavy atom. The lowest BCUT2D eigenvalue weighted by molar-refractivity contribution is 0.143. The Balaban J connectivity index is 1.96. The number of carbonyl (C=O) groups is 1. The van der Waals surface area contributed by atoms with Crippen LogP contribution in [0.15, 0.2) is 36.4 Å². The zero-order chi connectivity index (χ0) is 21.7. The SMILES string of the molecule is CCNC(=O)N[C@@H](C)[C@@H]1c2cc(OC)c(OC)cc2CCN1Cc1ccc(F)cc1. The Kier molecular flexibility index (Phi) is 7.15. The molecule has 1 heterocycles. The zero-order valence-electron chi connectivity index (χ0n) is 18.0. The molecule has 0 fully saturated rings.